The molecular formula is C19H27NO5. The van der Waals surface area contributed by atoms with E-state index in [1.807, 2.05) is 24.3 Å². The summed E-state index contributed by atoms with van der Waals surface area (Å²) in [7, 11) is 0. The quantitative estimate of drug-likeness (QED) is 0.898. The van der Waals surface area contributed by atoms with Crippen LogP contribution in [0.25, 0.3) is 0 Å². The summed E-state index contributed by atoms with van der Waals surface area (Å²) in [5, 5.41) is 9.43. The van der Waals surface area contributed by atoms with Gasteiger partial charge in [0, 0.05) is 6.42 Å². The van der Waals surface area contributed by atoms with Gasteiger partial charge >= 0.3 is 12.1 Å². The van der Waals surface area contributed by atoms with E-state index in [0.29, 0.717) is 11.7 Å². The van der Waals surface area contributed by atoms with Crippen molar-refractivity contribution >= 4 is 12.1 Å². The first-order valence-electron chi connectivity index (χ1n) is 8.56. The molecule has 6 heteroatoms. The van der Waals surface area contributed by atoms with Gasteiger partial charge in [-0.25, -0.2) is 9.59 Å². The lowest BCUT2D eigenvalue weighted by Crippen LogP contribution is -2.43. The molecule has 0 saturated carbocycles. The summed E-state index contributed by atoms with van der Waals surface area (Å²) in [6, 6.07) is 6.81. The lowest BCUT2D eigenvalue weighted by Gasteiger charge is -2.26. The third-order valence-corrected chi connectivity index (χ3v) is 4.00. The van der Waals surface area contributed by atoms with Gasteiger partial charge in [0.1, 0.15) is 23.5 Å². The van der Waals surface area contributed by atoms with E-state index in [4.69, 9.17) is 9.47 Å². The topological polar surface area (TPSA) is 76.1 Å². The zero-order chi connectivity index (χ0) is 18.8. The molecule has 0 aliphatic carbocycles. The van der Waals surface area contributed by atoms with Gasteiger partial charge in [-0.3, -0.25) is 4.90 Å². The summed E-state index contributed by atoms with van der Waals surface area (Å²) >= 11 is 0. The minimum Gasteiger partial charge on any atom is -0.488 e. The van der Waals surface area contributed by atoms with Crippen molar-refractivity contribution in [2.45, 2.75) is 64.7 Å². The first kappa shape index (κ1) is 19.1. The first-order chi connectivity index (χ1) is 11.6. The van der Waals surface area contributed by atoms with Crippen LogP contribution in [-0.2, 0) is 9.53 Å². The number of hydrogen-bond donors (Lipinski definition) is 1. The van der Waals surface area contributed by atoms with Crippen molar-refractivity contribution in [3.63, 3.8) is 0 Å². The van der Waals surface area contributed by atoms with E-state index in [0.717, 1.165) is 5.56 Å². The highest BCUT2D eigenvalue weighted by atomic mass is 16.6. The third-order valence-electron chi connectivity index (χ3n) is 4.00. The van der Waals surface area contributed by atoms with Crippen LogP contribution in [0.5, 0.6) is 5.75 Å². The lowest BCUT2D eigenvalue weighted by atomic mass is 10.0. The van der Waals surface area contributed by atoms with Crippen LogP contribution >= 0.6 is 0 Å². The van der Waals surface area contributed by atoms with Crippen molar-refractivity contribution in [1.29, 1.82) is 0 Å². The van der Waals surface area contributed by atoms with Gasteiger partial charge in [0.05, 0.1) is 6.54 Å². The van der Waals surface area contributed by atoms with Gasteiger partial charge in [0.15, 0.2) is 0 Å². The zero-order valence-corrected chi connectivity index (χ0v) is 15.5. The molecule has 0 bridgehead atoms. The Balaban J connectivity index is 2.10. The highest BCUT2D eigenvalue weighted by Gasteiger charge is 2.42. The fraction of sp³-hybridized carbons (Fsp3) is 0.579. The molecular weight excluding hydrogens is 322 g/mol. The van der Waals surface area contributed by atoms with E-state index in [9.17, 15) is 14.7 Å². The smallest absolute Gasteiger partial charge is 0.411 e. The summed E-state index contributed by atoms with van der Waals surface area (Å²) in [6.45, 7) is 9.64. The maximum absolute atomic E-state index is 12.3. The molecule has 1 N–H and O–H groups in total. The van der Waals surface area contributed by atoms with Crippen LogP contribution in [-0.4, -0.2) is 46.4 Å². The van der Waals surface area contributed by atoms with Crippen molar-refractivity contribution in [1.82, 2.24) is 4.90 Å². The van der Waals surface area contributed by atoms with Gasteiger partial charge in [-0.2, -0.15) is 0 Å². The molecule has 2 atom stereocenters. The monoisotopic (exact) mass is 349 g/mol. The molecule has 1 fully saturated rings. The number of rotatable bonds is 4. The fourth-order valence-corrected chi connectivity index (χ4v) is 2.78. The predicted octanol–water partition coefficient (Wildman–Crippen LogP) is 3.65. The molecule has 0 radical (unpaired) electrons. The molecule has 1 aromatic carbocycles. The lowest BCUT2D eigenvalue weighted by molar-refractivity contribution is -0.142. The molecule has 1 aliphatic heterocycles. The Bertz CT molecular complexity index is 635. The van der Waals surface area contributed by atoms with Gasteiger partial charge in [-0.15, -0.1) is 0 Å². The Labute approximate surface area is 148 Å². The Morgan fingerprint density at radius 2 is 1.96 bits per heavy atom. The Kier molecular flexibility index (Phi) is 5.60. The predicted molar refractivity (Wildman–Crippen MR) is 93.9 cm³/mol. The van der Waals surface area contributed by atoms with Gasteiger partial charge in [-0.05, 0) is 44.4 Å². The van der Waals surface area contributed by atoms with Crippen LogP contribution in [0.1, 0.15) is 52.5 Å². The summed E-state index contributed by atoms with van der Waals surface area (Å²) in [6.07, 6.45) is -0.765. The van der Waals surface area contributed by atoms with Crippen LogP contribution < -0.4 is 4.74 Å². The summed E-state index contributed by atoms with van der Waals surface area (Å²) in [5.74, 6) is 0.0106. The average Bonchev–Trinajstić information content (AvgIpc) is 2.90. The third kappa shape index (κ3) is 5.11. The molecule has 138 valence electrons. The molecule has 1 amide bonds. The van der Waals surface area contributed by atoms with Crippen molar-refractivity contribution < 1.29 is 24.2 Å². The number of carboxylic acids is 1. The Morgan fingerprint density at radius 1 is 1.28 bits per heavy atom. The molecule has 6 nitrogen and oxygen atoms in total. The van der Waals surface area contributed by atoms with Crippen LogP contribution in [0.4, 0.5) is 4.79 Å². The second-order valence-corrected chi connectivity index (χ2v) is 7.69. The number of carboxylic acid groups (broad SMARTS) is 1. The van der Waals surface area contributed by atoms with E-state index in [2.05, 4.69) is 13.8 Å². The fourth-order valence-electron chi connectivity index (χ4n) is 2.78. The number of benzene rings is 1. The van der Waals surface area contributed by atoms with Crippen LogP contribution in [0.3, 0.4) is 0 Å². The largest absolute Gasteiger partial charge is 0.488 e. The van der Waals surface area contributed by atoms with Crippen LogP contribution in [0, 0.1) is 0 Å². The van der Waals surface area contributed by atoms with E-state index >= 15 is 0 Å². The van der Waals surface area contributed by atoms with E-state index < -0.39 is 23.7 Å². The SMILES string of the molecule is CC(C)c1cccc(O[C@@H]2C[C@H](C(=O)O)N(C(=O)OC(C)(C)C)C2)c1. The first-order valence-corrected chi connectivity index (χ1v) is 8.56. The molecule has 1 heterocycles. The molecule has 25 heavy (non-hydrogen) atoms. The number of likely N-dealkylation sites (tertiary alicyclic amines) is 1. The average molecular weight is 349 g/mol. The summed E-state index contributed by atoms with van der Waals surface area (Å²) in [4.78, 5) is 25.1. The number of carbonyl (C=O) groups excluding carboxylic acids is 1. The number of carbonyl (C=O) groups is 2. The van der Waals surface area contributed by atoms with Crippen LogP contribution in [0.15, 0.2) is 24.3 Å². The molecule has 0 spiro atoms. The number of nitrogens with zero attached hydrogens (tertiary/aromatic N) is 1. The molecule has 0 aromatic heterocycles. The van der Waals surface area contributed by atoms with E-state index in [1.165, 1.54) is 4.90 Å². The minimum absolute atomic E-state index is 0.192. The van der Waals surface area contributed by atoms with Gasteiger partial charge < -0.3 is 14.6 Å². The Morgan fingerprint density at radius 3 is 2.52 bits per heavy atom. The Hall–Kier alpha value is -2.24. The maximum atomic E-state index is 12.3. The van der Waals surface area contributed by atoms with Crippen molar-refractivity contribution in [2.75, 3.05) is 6.54 Å². The van der Waals surface area contributed by atoms with Gasteiger partial charge in [-0.1, -0.05) is 26.0 Å². The second kappa shape index (κ2) is 7.33. The van der Waals surface area contributed by atoms with E-state index in [-0.39, 0.29) is 19.1 Å². The molecule has 2 rings (SSSR count). The van der Waals surface area contributed by atoms with E-state index in [1.54, 1.807) is 20.8 Å². The zero-order valence-electron chi connectivity index (χ0n) is 15.5. The second-order valence-electron chi connectivity index (χ2n) is 7.69. The van der Waals surface area contributed by atoms with Gasteiger partial charge in [0.2, 0.25) is 0 Å². The van der Waals surface area contributed by atoms with Gasteiger partial charge in [0.25, 0.3) is 0 Å². The normalized spacial score (nSPS) is 20.6. The number of aliphatic carboxylic acids is 1. The minimum atomic E-state index is -1.05. The van der Waals surface area contributed by atoms with Crippen molar-refractivity contribution in [2.24, 2.45) is 0 Å². The number of ether oxygens (including phenoxy) is 2. The number of amides is 1. The molecule has 1 aromatic rings. The maximum Gasteiger partial charge on any atom is 0.411 e. The van der Waals surface area contributed by atoms with Crippen molar-refractivity contribution in [3.8, 4) is 5.75 Å². The summed E-state index contributed by atoms with van der Waals surface area (Å²) in [5.41, 5.74) is 0.472. The molecule has 1 saturated heterocycles. The van der Waals surface area contributed by atoms with Crippen molar-refractivity contribution in [3.05, 3.63) is 29.8 Å². The standard InChI is InChI=1S/C19H27NO5/c1-12(2)13-7-6-8-14(9-13)24-15-10-16(17(21)22)20(11-15)18(23)25-19(3,4)5/h6-9,12,15-16H,10-11H2,1-5H3,(H,21,22)/t15-,16-/m1/s1. The number of hydrogen-bond acceptors (Lipinski definition) is 4. The summed E-state index contributed by atoms with van der Waals surface area (Å²) < 4.78 is 11.3. The van der Waals surface area contributed by atoms with Crippen LogP contribution in [0.2, 0.25) is 0 Å². The molecule has 1 aliphatic rings. The highest BCUT2D eigenvalue weighted by molar-refractivity contribution is 5.81. The molecule has 0 unspecified atom stereocenters. The highest BCUT2D eigenvalue weighted by Crippen LogP contribution is 2.27.